The van der Waals surface area contributed by atoms with Gasteiger partial charge in [-0.3, -0.25) is 4.79 Å². The number of aromatic amines is 1. The maximum Gasteiger partial charge on any atom is 0.255 e. The molecule has 1 unspecified atom stereocenters. The molecule has 0 radical (unpaired) electrons. The number of H-pyrrole nitrogens is 1. The van der Waals surface area contributed by atoms with E-state index in [1.165, 1.54) is 19.3 Å². The maximum atomic E-state index is 11.9. The Balaban J connectivity index is 2.07. The van der Waals surface area contributed by atoms with Gasteiger partial charge in [0.25, 0.3) is 5.56 Å². The molecule has 2 N–H and O–H groups in total. The smallest absolute Gasteiger partial charge is 0.255 e. The molecule has 0 aromatic carbocycles. The summed E-state index contributed by atoms with van der Waals surface area (Å²) in [5.41, 5.74) is 1.60. The zero-order chi connectivity index (χ0) is 12.4. The average Bonchev–Trinajstić information content (AvgIpc) is 2.13. The highest BCUT2D eigenvalue weighted by molar-refractivity contribution is 5.19. The van der Waals surface area contributed by atoms with E-state index in [-0.39, 0.29) is 11.6 Å². The molecule has 1 fully saturated rings. The number of aromatic nitrogens is 2. The largest absolute Gasteiger partial charge is 0.310 e. The van der Waals surface area contributed by atoms with E-state index in [0.717, 1.165) is 23.7 Å². The van der Waals surface area contributed by atoms with Crippen LogP contribution in [-0.4, -0.2) is 16.5 Å². The van der Waals surface area contributed by atoms with Crippen LogP contribution in [0.4, 0.5) is 0 Å². The van der Waals surface area contributed by atoms with Crippen molar-refractivity contribution in [2.45, 2.75) is 46.1 Å². The first kappa shape index (κ1) is 12.3. The van der Waals surface area contributed by atoms with Crippen LogP contribution in [0.25, 0.3) is 0 Å². The molecule has 0 spiro atoms. The van der Waals surface area contributed by atoms with Crippen molar-refractivity contribution in [3.8, 4) is 0 Å². The molecule has 1 aliphatic carbocycles. The summed E-state index contributed by atoms with van der Waals surface area (Å²) in [7, 11) is 0. The first-order valence-corrected chi connectivity index (χ1v) is 6.38. The molecule has 1 aromatic heterocycles. The number of nitrogens with zero attached hydrogens (tertiary/aromatic N) is 1. The molecule has 0 saturated heterocycles. The van der Waals surface area contributed by atoms with Gasteiger partial charge in [0.2, 0.25) is 0 Å². The molecule has 0 amide bonds. The van der Waals surface area contributed by atoms with Crippen molar-refractivity contribution in [3.63, 3.8) is 0 Å². The Kier molecular flexibility index (Phi) is 3.62. The minimum absolute atomic E-state index is 0.0105. The molecular weight excluding hydrogens is 214 g/mol. The number of rotatable bonds is 4. The van der Waals surface area contributed by atoms with Crippen molar-refractivity contribution in [2.75, 3.05) is 6.54 Å². The summed E-state index contributed by atoms with van der Waals surface area (Å²) < 4.78 is 0. The zero-order valence-corrected chi connectivity index (χ0v) is 10.8. The summed E-state index contributed by atoms with van der Waals surface area (Å²) >= 11 is 0. The maximum absolute atomic E-state index is 11.9. The monoisotopic (exact) mass is 235 g/mol. The predicted octanol–water partition coefficient (Wildman–Crippen LogP) is 1.84. The minimum Gasteiger partial charge on any atom is -0.310 e. The molecule has 4 heteroatoms. The summed E-state index contributed by atoms with van der Waals surface area (Å²) in [5.74, 6) is 1.48. The van der Waals surface area contributed by atoms with E-state index < -0.39 is 0 Å². The third-order valence-electron chi connectivity index (χ3n) is 3.63. The predicted molar refractivity (Wildman–Crippen MR) is 68.1 cm³/mol. The molecule has 94 valence electrons. The normalized spacial score (nSPS) is 17.8. The van der Waals surface area contributed by atoms with Crippen LogP contribution in [-0.2, 0) is 0 Å². The zero-order valence-electron chi connectivity index (χ0n) is 10.8. The summed E-state index contributed by atoms with van der Waals surface area (Å²) in [4.78, 5) is 19.0. The number of hydrogen-bond acceptors (Lipinski definition) is 3. The Morgan fingerprint density at radius 1 is 1.47 bits per heavy atom. The van der Waals surface area contributed by atoms with Gasteiger partial charge in [0.1, 0.15) is 5.82 Å². The first-order chi connectivity index (χ1) is 8.08. The Morgan fingerprint density at radius 3 is 2.71 bits per heavy atom. The van der Waals surface area contributed by atoms with Gasteiger partial charge in [-0.25, -0.2) is 4.98 Å². The van der Waals surface area contributed by atoms with E-state index in [4.69, 9.17) is 0 Å². The van der Waals surface area contributed by atoms with Crippen LogP contribution >= 0.6 is 0 Å². The van der Waals surface area contributed by atoms with Crippen LogP contribution in [0.2, 0.25) is 0 Å². The Hall–Kier alpha value is -1.16. The third kappa shape index (κ3) is 2.75. The van der Waals surface area contributed by atoms with Gasteiger partial charge in [-0.1, -0.05) is 6.42 Å². The van der Waals surface area contributed by atoms with Gasteiger partial charge in [-0.2, -0.15) is 0 Å². The van der Waals surface area contributed by atoms with Gasteiger partial charge in [0.15, 0.2) is 0 Å². The lowest BCUT2D eigenvalue weighted by atomic mass is 9.85. The highest BCUT2D eigenvalue weighted by atomic mass is 16.1. The SMILES string of the molecule is Cc1nc(C)c(C(C)NCC2CCC2)c(=O)[nH]1. The molecular formula is C13H21N3O. The first-order valence-electron chi connectivity index (χ1n) is 6.38. The van der Waals surface area contributed by atoms with Crippen LogP contribution in [0.5, 0.6) is 0 Å². The van der Waals surface area contributed by atoms with E-state index in [2.05, 4.69) is 15.3 Å². The quantitative estimate of drug-likeness (QED) is 0.837. The molecule has 1 atom stereocenters. The second kappa shape index (κ2) is 5.00. The van der Waals surface area contributed by atoms with Gasteiger partial charge in [0.05, 0.1) is 5.56 Å². The molecule has 1 saturated carbocycles. The van der Waals surface area contributed by atoms with Gasteiger partial charge >= 0.3 is 0 Å². The van der Waals surface area contributed by atoms with Gasteiger partial charge < -0.3 is 10.3 Å². The molecule has 0 aliphatic heterocycles. The highest BCUT2D eigenvalue weighted by Gasteiger charge is 2.20. The van der Waals surface area contributed by atoms with Crippen molar-refractivity contribution in [3.05, 3.63) is 27.4 Å². The molecule has 4 nitrogen and oxygen atoms in total. The Morgan fingerprint density at radius 2 is 2.18 bits per heavy atom. The van der Waals surface area contributed by atoms with Crippen molar-refractivity contribution in [2.24, 2.45) is 5.92 Å². The van der Waals surface area contributed by atoms with E-state index in [1.54, 1.807) is 0 Å². The highest BCUT2D eigenvalue weighted by Crippen LogP contribution is 2.26. The third-order valence-corrected chi connectivity index (χ3v) is 3.63. The number of nitrogens with one attached hydrogen (secondary N) is 2. The van der Waals surface area contributed by atoms with Gasteiger partial charge in [-0.15, -0.1) is 0 Å². The number of aryl methyl sites for hydroxylation is 2. The van der Waals surface area contributed by atoms with E-state index in [0.29, 0.717) is 5.82 Å². The lowest BCUT2D eigenvalue weighted by molar-refractivity contribution is 0.292. The van der Waals surface area contributed by atoms with Gasteiger partial charge in [0, 0.05) is 11.7 Å². The molecule has 17 heavy (non-hydrogen) atoms. The topological polar surface area (TPSA) is 57.8 Å². The van der Waals surface area contributed by atoms with E-state index in [9.17, 15) is 4.79 Å². The Labute approximate surface area is 102 Å². The Bertz CT molecular complexity index is 448. The molecule has 2 rings (SSSR count). The second-order valence-electron chi connectivity index (χ2n) is 5.08. The molecule has 1 aromatic rings. The fourth-order valence-corrected chi connectivity index (χ4v) is 2.39. The molecule has 1 aliphatic rings. The fraction of sp³-hybridized carbons (Fsp3) is 0.692. The van der Waals surface area contributed by atoms with Crippen LogP contribution in [0.15, 0.2) is 4.79 Å². The van der Waals surface area contributed by atoms with Crippen LogP contribution in [0.1, 0.15) is 49.3 Å². The fourth-order valence-electron chi connectivity index (χ4n) is 2.39. The summed E-state index contributed by atoms with van der Waals surface area (Å²) in [5, 5.41) is 3.44. The summed E-state index contributed by atoms with van der Waals surface area (Å²) in [6, 6.07) is 0.0763. The van der Waals surface area contributed by atoms with Crippen molar-refractivity contribution in [1.29, 1.82) is 0 Å². The van der Waals surface area contributed by atoms with Crippen molar-refractivity contribution in [1.82, 2.24) is 15.3 Å². The van der Waals surface area contributed by atoms with Crippen molar-refractivity contribution >= 4 is 0 Å². The lowest BCUT2D eigenvalue weighted by Crippen LogP contribution is -2.33. The molecule has 0 bridgehead atoms. The average molecular weight is 235 g/mol. The van der Waals surface area contributed by atoms with Gasteiger partial charge in [-0.05, 0) is 46.1 Å². The van der Waals surface area contributed by atoms with Crippen molar-refractivity contribution < 1.29 is 0 Å². The van der Waals surface area contributed by atoms with E-state index in [1.807, 2.05) is 20.8 Å². The van der Waals surface area contributed by atoms with Crippen LogP contribution < -0.4 is 10.9 Å². The lowest BCUT2D eigenvalue weighted by Gasteiger charge is -2.27. The van der Waals surface area contributed by atoms with Crippen LogP contribution in [0.3, 0.4) is 0 Å². The summed E-state index contributed by atoms with van der Waals surface area (Å²) in [6.07, 6.45) is 3.99. The minimum atomic E-state index is -0.0105. The second-order valence-corrected chi connectivity index (χ2v) is 5.08. The summed E-state index contributed by atoms with van der Waals surface area (Å²) in [6.45, 7) is 6.75. The number of hydrogen-bond donors (Lipinski definition) is 2. The molecule has 1 heterocycles. The van der Waals surface area contributed by atoms with E-state index >= 15 is 0 Å². The standard InChI is InChI=1S/C13H21N3O/c1-8(14-7-11-5-4-6-11)12-9(2)15-10(3)16-13(12)17/h8,11,14H,4-7H2,1-3H3,(H,15,16,17). The van der Waals surface area contributed by atoms with Crippen LogP contribution in [0, 0.1) is 19.8 Å².